The lowest BCUT2D eigenvalue weighted by molar-refractivity contribution is 1.71. The summed E-state index contributed by atoms with van der Waals surface area (Å²) in [5.41, 5.74) is 13.2. The van der Waals surface area contributed by atoms with Crippen LogP contribution in [0.15, 0.2) is 48.5 Å². The van der Waals surface area contributed by atoms with E-state index in [0.717, 1.165) is 11.4 Å². The predicted octanol–water partition coefficient (Wildman–Crippen LogP) is 1.91. The average Bonchev–Trinajstić information content (AvgIpc) is 2.28. The SMILES string of the molecule is CP(c1cccc(N)c1)c1cccc(N)c1. The number of nitrogen functional groups attached to an aromatic ring is 2. The largest absolute Gasteiger partial charge is 0.399 e. The Labute approximate surface area is 97.0 Å². The normalized spacial score (nSPS) is 10.6. The van der Waals surface area contributed by atoms with Crippen LogP contribution < -0.4 is 22.1 Å². The first-order valence-corrected chi connectivity index (χ1v) is 6.90. The number of nitrogens with two attached hydrogens (primary N) is 2. The molecule has 0 aliphatic heterocycles. The highest BCUT2D eigenvalue weighted by molar-refractivity contribution is 7.72. The summed E-state index contributed by atoms with van der Waals surface area (Å²) in [6.45, 7) is 2.22. The molecule has 0 bridgehead atoms. The van der Waals surface area contributed by atoms with Crippen molar-refractivity contribution >= 4 is 29.9 Å². The smallest absolute Gasteiger partial charge is 0.0320 e. The number of anilines is 2. The highest BCUT2D eigenvalue weighted by Gasteiger charge is 2.07. The molecule has 0 saturated heterocycles. The second kappa shape index (κ2) is 4.54. The van der Waals surface area contributed by atoms with Gasteiger partial charge in [0.25, 0.3) is 0 Å². The maximum atomic E-state index is 5.79. The molecule has 0 radical (unpaired) electrons. The molecule has 82 valence electrons. The minimum absolute atomic E-state index is 0.363. The zero-order chi connectivity index (χ0) is 11.5. The topological polar surface area (TPSA) is 52.0 Å². The van der Waals surface area contributed by atoms with Crippen LogP contribution in [0.5, 0.6) is 0 Å². The van der Waals surface area contributed by atoms with E-state index in [1.54, 1.807) is 0 Å². The van der Waals surface area contributed by atoms with Gasteiger partial charge < -0.3 is 11.5 Å². The molecule has 0 spiro atoms. The zero-order valence-corrected chi connectivity index (χ0v) is 10.1. The van der Waals surface area contributed by atoms with Crippen molar-refractivity contribution in [2.24, 2.45) is 0 Å². The van der Waals surface area contributed by atoms with Gasteiger partial charge in [0.05, 0.1) is 0 Å². The lowest BCUT2D eigenvalue weighted by Gasteiger charge is -2.13. The molecule has 0 aliphatic carbocycles. The summed E-state index contributed by atoms with van der Waals surface area (Å²) in [7, 11) is -0.363. The highest BCUT2D eigenvalue weighted by Crippen LogP contribution is 2.29. The van der Waals surface area contributed by atoms with E-state index in [9.17, 15) is 0 Å². The van der Waals surface area contributed by atoms with E-state index in [2.05, 4.69) is 18.8 Å². The monoisotopic (exact) mass is 230 g/mol. The molecule has 4 N–H and O–H groups in total. The molecule has 3 heteroatoms. The fourth-order valence-corrected chi connectivity index (χ4v) is 3.22. The molecule has 0 fully saturated rings. The third kappa shape index (κ3) is 2.34. The second-order valence-corrected chi connectivity index (χ2v) is 5.90. The summed E-state index contributed by atoms with van der Waals surface area (Å²) < 4.78 is 0. The van der Waals surface area contributed by atoms with E-state index in [-0.39, 0.29) is 7.92 Å². The van der Waals surface area contributed by atoms with Crippen LogP contribution >= 0.6 is 7.92 Å². The first kappa shape index (κ1) is 11.0. The van der Waals surface area contributed by atoms with Crippen LogP contribution in [-0.2, 0) is 0 Å². The van der Waals surface area contributed by atoms with Gasteiger partial charge in [-0.15, -0.1) is 0 Å². The number of rotatable bonds is 2. The highest BCUT2D eigenvalue weighted by atomic mass is 31.1. The quantitative estimate of drug-likeness (QED) is 0.611. The van der Waals surface area contributed by atoms with Crippen LogP contribution in [0.25, 0.3) is 0 Å². The number of hydrogen-bond donors (Lipinski definition) is 2. The Hall–Kier alpha value is -1.53. The Kier molecular flexibility index (Phi) is 3.12. The van der Waals surface area contributed by atoms with Crippen molar-refractivity contribution in [3.05, 3.63) is 48.5 Å². The number of hydrogen-bond acceptors (Lipinski definition) is 2. The van der Waals surface area contributed by atoms with E-state index in [0.29, 0.717) is 0 Å². The first-order chi connectivity index (χ1) is 7.66. The van der Waals surface area contributed by atoms with E-state index < -0.39 is 0 Å². The minimum atomic E-state index is -0.363. The van der Waals surface area contributed by atoms with Gasteiger partial charge in [0.2, 0.25) is 0 Å². The van der Waals surface area contributed by atoms with Crippen molar-refractivity contribution in [3.8, 4) is 0 Å². The third-order valence-electron chi connectivity index (χ3n) is 2.52. The summed E-state index contributed by atoms with van der Waals surface area (Å²) in [6.07, 6.45) is 0. The van der Waals surface area contributed by atoms with E-state index in [1.807, 2.05) is 36.4 Å². The summed E-state index contributed by atoms with van der Waals surface area (Å²) in [6, 6.07) is 16.1. The molecule has 0 aliphatic rings. The van der Waals surface area contributed by atoms with Crippen LogP contribution in [0.3, 0.4) is 0 Å². The third-order valence-corrected chi connectivity index (χ3v) is 4.62. The molecule has 2 aromatic carbocycles. The van der Waals surface area contributed by atoms with Crippen molar-refractivity contribution in [3.63, 3.8) is 0 Å². The Balaban J connectivity index is 2.35. The predicted molar refractivity (Wildman–Crippen MR) is 73.8 cm³/mol. The molecule has 0 saturated carbocycles. The molecule has 16 heavy (non-hydrogen) atoms. The summed E-state index contributed by atoms with van der Waals surface area (Å²) in [4.78, 5) is 0. The second-order valence-electron chi connectivity index (χ2n) is 3.75. The van der Waals surface area contributed by atoms with Crippen molar-refractivity contribution in [2.45, 2.75) is 0 Å². The van der Waals surface area contributed by atoms with Crippen molar-refractivity contribution in [2.75, 3.05) is 18.1 Å². The summed E-state index contributed by atoms with van der Waals surface area (Å²) in [5.74, 6) is 0. The zero-order valence-electron chi connectivity index (χ0n) is 9.22. The molecule has 0 amide bonds. The summed E-state index contributed by atoms with van der Waals surface area (Å²) in [5, 5.41) is 2.56. The van der Waals surface area contributed by atoms with E-state index in [4.69, 9.17) is 11.5 Å². The average molecular weight is 230 g/mol. The molecule has 0 heterocycles. The maximum Gasteiger partial charge on any atom is 0.0320 e. The lowest BCUT2D eigenvalue weighted by Crippen LogP contribution is -2.11. The van der Waals surface area contributed by atoms with Crippen molar-refractivity contribution in [1.82, 2.24) is 0 Å². The molecular weight excluding hydrogens is 215 g/mol. The first-order valence-electron chi connectivity index (χ1n) is 5.11. The molecular formula is C13H15N2P. The van der Waals surface area contributed by atoms with Crippen LogP contribution in [-0.4, -0.2) is 6.66 Å². The maximum absolute atomic E-state index is 5.79. The van der Waals surface area contributed by atoms with E-state index >= 15 is 0 Å². The molecule has 2 aromatic rings. The molecule has 2 rings (SSSR count). The van der Waals surface area contributed by atoms with Crippen LogP contribution in [0.4, 0.5) is 11.4 Å². The Bertz CT molecular complexity index is 451. The van der Waals surface area contributed by atoms with Gasteiger partial charge in [-0.2, -0.15) is 0 Å². The van der Waals surface area contributed by atoms with Gasteiger partial charge in [0, 0.05) is 11.4 Å². The van der Waals surface area contributed by atoms with Gasteiger partial charge in [-0.1, -0.05) is 24.3 Å². The fourth-order valence-electron chi connectivity index (χ4n) is 1.62. The van der Waals surface area contributed by atoms with Gasteiger partial charge in [-0.05, 0) is 49.5 Å². The van der Waals surface area contributed by atoms with Gasteiger partial charge in [0.15, 0.2) is 0 Å². The van der Waals surface area contributed by atoms with Gasteiger partial charge in [-0.25, -0.2) is 0 Å². The molecule has 0 unspecified atom stereocenters. The standard InChI is InChI=1S/C13H15N2P/c1-16(12-6-2-4-10(14)8-12)13-7-3-5-11(15)9-13/h2-9H,14-15H2,1H3. The molecule has 0 aromatic heterocycles. The molecule has 2 nitrogen and oxygen atoms in total. The Morgan fingerprint density at radius 3 is 1.62 bits per heavy atom. The van der Waals surface area contributed by atoms with Crippen molar-refractivity contribution in [1.29, 1.82) is 0 Å². The minimum Gasteiger partial charge on any atom is -0.399 e. The van der Waals surface area contributed by atoms with Crippen molar-refractivity contribution < 1.29 is 0 Å². The Morgan fingerprint density at radius 1 is 0.812 bits per heavy atom. The van der Waals surface area contributed by atoms with E-state index in [1.165, 1.54) is 10.6 Å². The van der Waals surface area contributed by atoms with Gasteiger partial charge in [0.1, 0.15) is 0 Å². The van der Waals surface area contributed by atoms with Crippen LogP contribution in [0.2, 0.25) is 0 Å². The van der Waals surface area contributed by atoms with Crippen LogP contribution in [0, 0.1) is 0 Å². The Morgan fingerprint density at radius 2 is 1.25 bits per heavy atom. The van der Waals surface area contributed by atoms with Gasteiger partial charge >= 0.3 is 0 Å². The molecule has 0 atom stereocenters. The number of benzene rings is 2. The summed E-state index contributed by atoms with van der Waals surface area (Å²) >= 11 is 0. The lowest BCUT2D eigenvalue weighted by atomic mass is 10.3. The fraction of sp³-hybridized carbons (Fsp3) is 0.0769. The van der Waals surface area contributed by atoms with Crippen LogP contribution in [0.1, 0.15) is 0 Å². The van der Waals surface area contributed by atoms with Gasteiger partial charge in [-0.3, -0.25) is 0 Å².